The molecule has 166 valence electrons. The second kappa shape index (κ2) is 7.24. The van der Waals surface area contributed by atoms with E-state index in [4.69, 9.17) is 4.74 Å². The number of aromatic amines is 1. The van der Waals surface area contributed by atoms with E-state index in [0.29, 0.717) is 34.8 Å². The van der Waals surface area contributed by atoms with Crippen LogP contribution in [0.5, 0.6) is 5.75 Å². The van der Waals surface area contributed by atoms with Crippen molar-refractivity contribution >= 4 is 28.3 Å². The lowest BCUT2D eigenvalue weighted by atomic mass is 9.52. The van der Waals surface area contributed by atoms with E-state index >= 15 is 0 Å². The smallest absolute Gasteiger partial charge is 0.259 e. The maximum atomic E-state index is 13.4. The fourth-order valence-corrected chi connectivity index (χ4v) is 6.66. The zero-order valence-corrected chi connectivity index (χ0v) is 18.1. The van der Waals surface area contributed by atoms with Gasteiger partial charge in [0.15, 0.2) is 0 Å². The first-order valence-corrected chi connectivity index (χ1v) is 11.4. The number of carbonyl (C=O) groups is 1. The number of fused-ring (bicyclic) bond motifs is 1. The van der Waals surface area contributed by atoms with E-state index in [-0.39, 0.29) is 11.9 Å². The van der Waals surface area contributed by atoms with Gasteiger partial charge >= 0.3 is 0 Å². The van der Waals surface area contributed by atoms with Crippen LogP contribution in [0.4, 0.5) is 11.4 Å². The van der Waals surface area contributed by atoms with Crippen molar-refractivity contribution in [3.63, 3.8) is 0 Å². The van der Waals surface area contributed by atoms with Crippen LogP contribution in [0.25, 0.3) is 11.0 Å². The molecule has 0 spiro atoms. The lowest BCUT2D eigenvalue weighted by molar-refractivity contribution is -0.129. The number of aromatic nitrogens is 2. The number of H-pyrrole nitrogens is 1. The van der Waals surface area contributed by atoms with Crippen molar-refractivity contribution in [3.8, 4) is 5.75 Å². The van der Waals surface area contributed by atoms with Gasteiger partial charge in [0.1, 0.15) is 11.4 Å². The summed E-state index contributed by atoms with van der Waals surface area (Å²) in [5.41, 5.74) is 2.21. The van der Waals surface area contributed by atoms with E-state index in [1.54, 1.807) is 13.3 Å². The predicted molar refractivity (Wildman–Crippen MR) is 123 cm³/mol. The Labute approximate surface area is 186 Å². The molecule has 7 heteroatoms. The van der Waals surface area contributed by atoms with Crippen molar-refractivity contribution in [2.45, 2.75) is 43.7 Å². The monoisotopic (exact) mass is 432 g/mol. The first-order valence-electron chi connectivity index (χ1n) is 11.4. The van der Waals surface area contributed by atoms with Crippen LogP contribution in [0.15, 0.2) is 42.7 Å². The van der Waals surface area contributed by atoms with E-state index in [0.717, 1.165) is 48.8 Å². The summed E-state index contributed by atoms with van der Waals surface area (Å²) in [6.45, 7) is 0. The number of hydrogen-bond donors (Lipinski definition) is 4. The van der Waals surface area contributed by atoms with Crippen LogP contribution >= 0.6 is 0 Å². The number of rotatable bonds is 5. The molecule has 4 aliphatic carbocycles. The number of amides is 1. The van der Waals surface area contributed by atoms with Crippen LogP contribution in [0.3, 0.4) is 0 Å². The summed E-state index contributed by atoms with van der Waals surface area (Å²) in [6, 6.07) is 9.60. The first kappa shape index (κ1) is 19.6. The minimum absolute atomic E-state index is 0.227. The lowest BCUT2D eigenvalue weighted by Gasteiger charge is -2.58. The Morgan fingerprint density at radius 3 is 2.72 bits per heavy atom. The molecular formula is C25H28N4O3. The number of benzene rings is 1. The summed E-state index contributed by atoms with van der Waals surface area (Å²) < 4.78 is 5.39. The highest BCUT2D eigenvalue weighted by Crippen LogP contribution is 2.56. The third-order valence-corrected chi connectivity index (χ3v) is 7.74. The molecule has 7 rings (SSSR count). The van der Waals surface area contributed by atoms with E-state index in [1.165, 1.54) is 0 Å². The maximum Gasteiger partial charge on any atom is 0.259 e. The summed E-state index contributed by atoms with van der Waals surface area (Å²) in [5, 5.41) is 18.6. The van der Waals surface area contributed by atoms with Gasteiger partial charge in [-0.3, -0.25) is 4.79 Å². The standard InChI is InChI=1S/C25H28N4O3/c1-32-20-5-3-2-4-19(20)28-24(30)18-13-27-23-17(6-7-26-23)22(18)29-21-15-8-14-9-16(21)12-25(31,10-14)11-15/h2-7,13-16,21,31H,8-12H2,1H3,(H,28,30)(H2,26,27,29)/t14?,15-,16+,21?,25?. The number of hydrogen-bond acceptors (Lipinski definition) is 5. The van der Waals surface area contributed by atoms with Crippen molar-refractivity contribution in [2.24, 2.45) is 17.8 Å². The average molecular weight is 433 g/mol. The highest BCUT2D eigenvalue weighted by molar-refractivity contribution is 6.12. The molecule has 0 aliphatic heterocycles. The van der Waals surface area contributed by atoms with Crippen LogP contribution in [-0.2, 0) is 0 Å². The summed E-state index contributed by atoms with van der Waals surface area (Å²) >= 11 is 0. The Morgan fingerprint density at radius 1 is 1.19 bits per heavy atom. The number of pyridine rings is 1. The van der Waals surface area contributed by atoms with Gasteiger partial charge < -0.3 is 25.5 Å². The van der Waals surface area contributed by atoms with Crippen LogP contribution in [0.1, 0.15) is 42.5 Å². The third kappa shape index (κ3) is 3.14. The molecule has 1 amide bonds. The molecule has 4 N–H and O–H groups in total. The van der Waals surface area contributed by atoms with Gasteiger partial charge in [-0.05, 0) is 68.1 Å². The third-order valence-electron chi connectivity index (χ3n) is 7.74. The Hall–Kier alpha value is -3.06. The largest absolute Gasteiger partial charge is 0.495 e. The van der Waals surface area contributed by atoms with Crippen molar-refractivity contribution < 1.29 is 14.6 Å². The molecule has 1 aromatic carbocycles. The summed E-state index contributed by atoms with van der Waals surface area (Å²) in [6.07, 6.45) is 8.45. The van der Waals surface area contributed by atoms with Crippen LogP contribution in [0.2, 0.25) is 0 Å². The summed E-state index contributed by atoms with van der Waals surface area (Å²) in [5.74, 6) is 1.88. The van der Waals surface area contributed by atoms with Crippen LogP contribution in [0, 0.1) is 17.8 Å². The number of nitrogens with zero attached hydrogens (tertiary/aromatic N) is 1. The molecule has 2 aromatic heterocycles. The average Bonchev–Trinajstić information content (AvgIpc) is 3.24. The lowest BCUT2D eigenvalue weighted by Crippen LogP contribution is -2.59. The molecule has 4 saturated carbocycles. The predicted octanol–water partition coefficient (Wildman–Crippen LogP) is 4.18. The number of para-hydroxylation sites is 2. The molecule has 4 bridgehead atoms. The van der Waals surface area contributed by atoms with E-state index in [2.05, 4.69) is 20.6 Å². The number of carbonyl (C=O) groups excluding carboxylic acids is 1. The fraction of sp³-hybridized carbons (Fsp3) is 0.440. The van der Waals surface area contributed by atoms with Crippen LogP contribution in [-0.4, -0.2) is 39.7 Å². The molecule has 2 heterocycles. The highest BCUT2D eigenvalue weighted by atomic mass is 16.5. The minimum Gasteiger partial charge on any atom is -0.495 e. The van der Waals surface area contributed by atoms with Gasteiger partial charge in [0.05, 0.1) is 29.6 Å². The molecule has 5 atom stereocenters. The van der Waals surface area contributed by atoms with Crippen molar-refractivity contribution in [1.82, 2.24) is 9.97 Å². The van der Waals surface area contributed by atoms with Gasteiger partial charge in [-0.1, -0.05) is 12.1 Å². The zero-order valence-electron chi connectivity index (χ0n) is 18.1. The van der Waals surface area contributed by atoms with Gasteiger partial charge in [-0.15, -0.1) is 0 Å². The topological polar surface area (TPSA) is 99.3 Å². The van der Waals surface area contributed by atoms with Gasteiger partial charge in [0, 0.05) is 23.8 Å². The normalized spacial score (nSPS) is 30.4. The maximum absolute atomic E-state index is 13.4. The van der Waals surface area contributed by atoms with Crippen molar-refractivity contribution in [2.75, 3.05) is 17.7 Å². The second-order valence-electron chi connectivity index (χ2n) is 9.81. The highest BCUT2D eigenvalue weighted by Gasteiger charge is 2.54. The first-order chi connectivity index (χ1) is 15.5. The number of methoxy groups -OCH3 is 1. The molecule has 3 unspecified atom stereocenters. The number of ether oxygens (including phenoxy) is 1. The van der Waals surface area contributed by atoms with Gasteiger partial charge in [-0.2, -0.15) is 0 Å². The number of nitrogens with one attached hydrogen (secondary N) is 3. The SMILES string of the molecule is COc1ccccc1NC(=O)c1cnc2[nH]ccc2c1NC1[C@@H]2CC3C[C@H]1CC(O)(C3)C2. The Balaban J connectivity index is 1.35. The molecule has 4 fully saturated rings. The minimum atomic E-state index is -0.486. The van der Waals surface area contributed by atoms with Crippen molar-refractivity contribution in [1.29, 1.82) is 0 Å². The second-order valence-corrected chi connectivity index (χ2v) is 9.81. The fourth-order valence-electron chi connectivity index (χ4n) is 6.66. The molecule has 3 aromatic rings. The molecule has 32 heavy (non-hydrogen) atoms. The molecule has 4 aliphatic rings. The Kier molecular flexibility index (Phi) is 4.43. The molecular weight excluding hydrogens is 404 g/mol. The zero-order chi connectivity index (χ0) is 21.9. The molecule has 0 radical (unpaired) electrons. The Morgan fingerprint density at radius 2 is 1.97 bits per heavy atom. The summed E-state index contributed by atoms with van der Waals surface area (Å²) in [7, 11) is 1.59. The Bertz CT molecular complexity index is 1170. The van der Waals surface area contributed by atoms with Crippen molar-refractivity contribution in [3.05, 3.63) is 48.3 Å². The molecule has 0 saturated heterocycles. The number of anilines is 2. The molecule has 7 nitrogen and oxygen atoms in total. The van der Waals surface area contributed by atoms with E-state index < -0.39 is 5.60 Å². The number of aliphatic hydroxyl groups is 1. The summed E-state index contributed by atoms with van der Waals surface area (Å²) in [4.78, 5) is 21.0. The van der Waals surface area contributed by atoms with Crippen LogP contribution < -0.4 is 15.4 Å². The van der Waals surface area contributed by atoms with Gasteiger partial charge in [-0.25, -0.2) is 4.98 Å². The van der Waals surface area contributed by atoms with Gasteiger partial charge in [0.2, 0.25) is 0 Å². The van der Waals surface area contributed by atoms with E-state index in [1.807, 2.05) is 36.5 Å². The van der Waals surface area contributed by atoms with Gasteiger partial charge in [0.25, 0.3) is 5.91 Å². The van der Waals surface area contributed by atoms with E-state index in [9.17, 15) is 9.90 Å². The quantitative estimate of drug-likeness (QED) is 0.485.